The number of pyridine rings is 1. The van der Waals surface area contributed by atoms with E-state index < -0.39 is 0 Å². The summed E-state index contributed by atoms with van der Waals surface area (Å²) in [7, 11) is 0. The van der Waals surface area contributed by atoms with E-state index in [0.717, 1.165) is 56.0 Å². The van der Waals surface area contributed by atoms with Crippen LogP contribution < -0.4 is 11.0 Å². The number of rotatable bonds is 4. The van der Waals surface area contributed by atoms with Crippen molar-refractivity contribution in [3.8, 4) is 11.1 Å². The SMILES string of the molecule is O=c1c(-c2ccccc2F)cc2cnc(NN3CC4CCCC4C3)nc2n1C1CCCC1. The van der Waals surface area contributed by atoms with Gasteiger partial charge in [0.25, 0.3) is 5.56 Å². The predicted molar refractivity (Wildman–Crippen MR) is 123 cm³/mol. The summed E-state index contributed by atoms with van der Waals surface area (Å²) in [5, 5.41) is 2.99. The Morgan fingerprint density at radius 2 is 1.72 bits per heavy atom. The van der Waals surface area contributed by atoms with E-state index in [9.17, 15) is 9.18 Å². The van der Waals surface area contributed by atoms with Crippen molar-refractivity contribution < 1.29 is 4.39 Å². The minimum atomic E-state index is -0.388. The molecule has 3 fully saturated rings. The Hall–Kier alpha value is -2.80. The normalized spacial score (nSPS) is 23.8. The topological polar surface area (TPSA) is 63.1 Å². The fourth-order valence-electron chi connectivity index (χ4n) is 6.02. The average molecular weight is 434 g/mol. The molecule has 0 amide bonds. The van der Waals surface area contributed by atoms with Gasteiger partial charge < -0.3 is 0 Å². The van der Waals surface area contributed by atoms with Gasteiger partial charge in [0.1, 0.15) is 11.5 Å². The van der Waals surface area contributed by atoms with Crippen LogP contribution >= 0.6 is 0 Å². The molecular formula is C25H28FN5O. The van der Waals surface area contributed by atoms with E-state index >= 15 is 0 Å². The van der Waals surface area contributed by atoms with Crippen molar-refractivity contribution in [2.75, 3.05) is 18.5 Å². The van der Waals surface area contributed by atoms with Crippen LogP contribution in [0.25, 0.3) is 22.2 Å². The molecule has 6 nitrogen and oxygen atoms in total. The molecule has 0 radical (unpaired) electrons. The lowest BCUT2D eigenvalue weighted by atomic mass is 10.0. The highest BCUT2D eigenvalue weighted by Crippen LogP contribution is 2.37. The number of halogens is 1. The van der Waals surface area contributed by atoms with E-state index in [0.29, 0.717) is 22.7 Å². The Morgan fingerprint density at radius 3 is 2.47 bits per heavy atom. The number of hydrazine groups is 1. The first-order chi connectivity index (χ1) is 15.7. The van der Waals surface area contributed by atoms with Gasteiger partial charge in [0.15, 0.2) is 0 Å². The Bertz CT molecular complexity index is 1210. The highest BCUT2D eigenvalue weighted by Gasteiger charge is 2.36. The summed E-state index contributed by atoms with van der Waals surface area (Å²) in [6.07, 6.45) is 9.79. The number of hydrogen-bond acceptors (Lipinski definition) is 5. The van der Waals surface area contributed by atoms with Crippen LogP contribution in [-0.4, -0.2) is 32.6 Å². The van der Waals surface area contributed by atoms with Crippen molar-refractivity contribution in [2.24, 2.45) is 11.8 Å². The summed E-state index contributed by atoms with van der Waals surface area (Å²) in [6, 6.07) is 8.29. The third-order valence-electron chi connectivity index (χ3n) is 7.61. The lowest BCUT2D eigenvalue weighted by Crippen LogP contribution is -2.30. The van der Waals surface area contributed by atoms with E-state index in [-0.39, 0.29) is 17.4 Å². The number of nitrogens with zero attached hydrogens (tertiary/aromatic N) is 4. The van der Waals surface area contributed by atoms with Crippen LogP contribution in [0.1, 0.15) is 51.0 Å². The molecule has 1 N–H and O–H groups in total. The second-order valence-corrected chi connectivity index (χ2v) is 9.59. The van der Waals surface area contributed by atoms with E-state index in [1.54, 1.807) is 35.0 Å². The van der Waals surface area contributed by atoms with E-state index in [2.05, 4.69) is 15.4 Å². The Balaban J connectivity index is 1.43. The first-order valence-electron chi connectivity index (χ1n) is 11.9. The zero-order chi connectivity index (χ0) is 21.7. The molecule has 1 aliphatic heterocycles. The molecule has 6 rings (SSSR count). The summed E-state index contributed by atoms with van der Waals surface area (Å²) in [4.78, 5) is 23.0. The first-order valence-corrected chi connectivity index (χ1v) is 11.9. The highest BCUT2D eigenvalue weighted by atomic mass is 19.1. The third-order valence-corrected chi connectivity index (χ3v) is 7.61. The molecule has 0 bridgehead atoms. The van der Waals surface area contributed by atoms with E-state index in [4.69, 9.17) is 4.98 Å². The molecule has 2 aliphatic carbocycles. The molecule has 0 spiro atoms. The van der Waals surface area contributed by atoms with Crippen molar-refractivity contribution in [3.05, 3.63) is 52.7 Å². The molecule has 3 heterocycles. The van der Waals surface area contributed by atoms with Crippen LogP contribution in [0.4, 0.5) is 10.3 Å². The molecule has 166 valence electrons. The molecule has 7 heteroatoms. The van der Waals surface area contributed by atoms with Crippen LogP contribution in [0.15, 0.2) is 41.3 Å². The molecule has 3 aromatic rings. The van der Waals surface area contributed by atoms with Crippen LogP contribution in [0, 0.1) is 17.7 Å². The first kappa shape index (κ1) is 19.9. The lowest BCUT2D eigenvalue weighted by molar-refractivity contribution is 0.369. The number of hydrogen-bond donors (Lipinski definition) is 1. The van der Waals surface area contributed by atoms with Crippen LogP contribution in [0.5, 0.6) is 0 Å². The maximum absolute atomic E-state index is 14.6. The number of benzene rings is 1. The van der Waals surface area contributed by atoms with Crippen molar-refractivity contribution in [1.29, 1.82) is 0 Å². The second-order valence-electron chi connectivity index (χ2n) is 9.59. The largest absolute Gasteiger partial charge is 0.289 e. The van der Waals surface area contributed by atoms with Gasteiger partial charge in [-0.25, -0.2) is 14.4 Å². The van der Waals surface area contributed by atoms with E-state index in [1.165, 1.54) is 25.3 Å². The second kappa shape index (κ2) is 7.96. The summed E-state index contributed by atoms with van der Waals surface area (Å²) < 4.78 is 16.4. The number of aromatic nitrogens is 3. The predicted octanol–water partition coefficient (Wildman–Crippen LogP) is 4.77. The van der Waals surface area contributed by atoms with Gasteiger partial charge in [-0.05, 0) is 49.7 Å². The van der Waals surface area contributed by atoms with Gasteiger partial charge in [-0.2, -0.15) is 4.98 Å². The maximum Gasteiger partial charge on any atom is 0.260 e. The molecule has 2 saturated carbocycles. The summed E-state index contributed by atoms with van der Waals surface area (Å²) in [5.74, 6) is 1.67. The standard InChI is InChI=1S/C25H28FN5O/c26-22-11-4-3-10-20(22)21-12-18-13-27-25(29-30-14-16-6-5-7-17(16)15-30)28-23(18)31(24(21)32)19-8-1-2-9-19/h3-4,10-13,16-17,19H,1-2,5-9,14-15H2,(H,27,28,29). The molecule has 2 atom stereocenters. The summed E-state index contributed by atoms with van der Waals surface area (Å²) in [6.45, 7) is 2.04. The fourth-order valence-corrected chi connectivity index (χ4v) is 6.02. The van der Waals surface area contributed by atoms with Gasteiger partial charge >= 0.3 is 0 Å². The summed E-state index contributed by atoms with van der Waals surface area (Å²) in [5.41, 5.74) is 4.56. The molecule has 2 aromatic heterocycles. The fraction of sp³-hybridized carbons (Fsp3) is 0.480. The molecule has 1 saturated heterocycles. The van der Waals surface area contributed by atoms with Crippen molar-refractivity contribution in [3.63, 3.8) is 0 Å². The smallest absolute Gasteiger partial charge is 0.260 e. The third kappa shape index (κ3) is 3.39. The average Bonchev–Trinajstić information content (AvgIpc) is 3.52. The Morgan fingerprint density at radius 1 is 0.969 bits per heavy atom. The van der Waals surface area contributed by atoms with Crippen molar-refractivity contribution in [2.45, 2.75) is 51.0 Å². The number of anilines is 1. The molecular weight excluding hydrogens is 405 g/mol. The Labute approximate surface area is 186 Å². The van der Waals surface area contributed by atoms with Gasteiger partial charge in [0.2, 0.25) is 5.95 Å². The molecule has 2 unspecified atom stereocenters. The zero-order valence-corrected chi connectivity index (χ0v) is 18.1. The van der Waals surface area contributed by atoms with Gasteiger partial charge in [-0.1, -0.05) is 37.5 Å². The van der Waals surface area contributed by atoms with Gasteiger partial charge in [0, 0.05) is 36.3 Å². The van der Waals surface area contributed by atoms with Crippen LogP contribution in [0.2, 0.25) is 0 Å². The van der Waals surface area contributed by atoms with Gasteiger partial charge in [0.05, 0.1) is 5.56 Å². The minimum absolute atomic E-state index is 0.0885. The van der Waals surface area contributed by atoms with E-state index in [1.807, 2.05) is 0 Å². The monoisotopic (exact) mass is 433 g/mol. The van der Waals surface area contributed by atoms with Crippen LogP contribution in [-0.2, 0) is 0 Å². The number of fused-ring (bicyclic) bond motifs is 2. The molecule has 3 aliphatic rings. The number of nitrogens with one attached hydrogen (secondary N) is 1. The van der Waals surface area contributed by atoms with Crippen LogP contribution in [0.3, 0.4) is 0 Å². The quantitative estimate of drug-likeness (QED) is 0.642. The summed E-state index contributed by atoms with van der Waals surface area (Å²) >= 11 is 0. The Kier molecular flexibility index (Phi) is 4.94. The van der Waals surface area contributed by atoms with Crippen molar-refractivity contribution >= 4 is 17.0 Å². The molecule has 1 aromatic carbocycles. The lowest BCUT2D eigenvalue weighted by Gasteiger charge is -2.21. The van der Waals surface area contributed by atoms with Gasteiger partial charge in [-0.3, -0.25) is 14.8 Å². The highest BCUT2D eigenvalue weighted by molar-refractivity contribution is 5.81. The maximum atomic E-state index is 14.6. The minimum Gasteiger partial charge on any atom is -0.289 e. The molecule has 32 heavy (non-hydrogen) atoms. The van der Waals surface area contributed by atoms with Crippen molar-refractivity contribution in [1.82, 2.24) is 19.5 Å². The van der Waals surface area contributed by atoms with Gasteiger partial charge in [-0.15, -0.1) is 0 Å². The zero-order valence-electron chi connectivity index (χ0n) is 18.1.